The molecule has 2 aromatic carbocycles. The third kappa shape index (κ3) is 6.60. The van der Waals surface area contributed by atoms with E-state index in [0.717, 1.165) is 34.7 Å². The molecule has 1 amide bonds. The molecule has 1 N–H and O–H groups in total. The molecule has 40 heavy (non-hydrogen) atoms. The van der Waals surface area contributed by atoms with Crippen LogP contribution in [-0.2, 0) is 17.3 Å². The average molecular weight is 550 g/mol. The maximum atomic E-state index is 13.6. The van der Waals surface area contributed by atoms with Gasteiger partial charge < -0.3 is 10.1 Å². The Balaban J connectivity index is 1.44. The molecule has 1 atom stereocenters. The molecule has 1 saturated carbocycles. The lowest BCUT2D eigenvalue weighted by molar-refractivity contribution is -0.141. The molecule has 0 aliphatic heterocycles. The Labute approximate surface area is 228 Å². The molecule has 1 aliphatic carbocycles. The molecule has 1 aliphatic rings. The van der Waals surface area contributed by atoms with Crippen molar-refractivity contribution in [3.8, 4) is 5.69 Å². The van der Waals surface area contributed by atoms with Crippen LogP contribution < -0.4 is 5.32 Å². The van der Waals surface area contributed by atoms with E-state index in [0.29, 0.717) is 30.2 Å². The van der Waals surface area contributed by atoms with E-state index in [2.05, 4.69) is 20.6 Å². The van der Waals surface area contributed by atoms with Crippen molar-refractivity contribution in [2.75, 3.05) is 18.5 Å². The second-order valence-corrected chi connectivity index (χ2v) is 9.62. The highest BCUT2D eigenvalue weighted by molar-refractivity contribution is 6.03. The number of hydrogen-bond donors (Lipinski definition) is 1. The fraction of sp³-hybridized carbons (Fsp3) is 0.276. The summed E-state index contributed by atoms with van der Waals surface area (Å²) < 4.78 is 48.0. The maximum absolute atomic E-state index is 13.6. The van der Waals surface area contributed by atoms with Gasteiger partial charge in [-0.1, -0.05) is 35.5 Å². The van der Waals surface area contributed by atoms with Gasteiger partial charge in [0.25, 0.3) is 5.91 Å². The number of anilines is 1. The first-order valence-corrected chi connectivity index (χ1v) is 12.8. The van der Waals surface area contributed by atoms with E-state index in [9.17, 15) is 22.9 Å². The first-order valence-electron chi connectivity index (χ1n) is 12.8. The van der Waals surface area contributed by atoms with E-state index in [-0.39, 0.29) is 17.9 Å². The summed E-state index contributed by atoms with van der Waals surface area (Å²) in [7, 11) is 0. The molecule has 8 nitrogen and oxygen atoms in total. The summed E-state index contributed by atoms with van der Waals surface area (Å²) in [6.45, 7) is 0.613. The molecule has 5 rings (SSSR count). The quantitative estimate of drug-likeness (QED) is 0.220. The van der Waals surface area contributed by atoms with Crippen molar-refractivity contribution < 1.29 is 22.7 Å². The molecule has 1 unspecified atom stereocenters. The number of nitrogens with zero attached hydrogens (tertiary/aromatic N) is 4. The first-order chi connectivity index (χ1) is 19.3. The minimum Gasteiger partial charge on any atom is -0.368 e. The van der Waals surface area contributed by atoms with Crippen LogP contribution >= 0.6 is 0 Å². The fourth-order valence-corrected chi connectivity index (χ4v) is 4.30. The normalized spacial score (nSPS) is 14.1. The first kappa shape index (κ1) is 27.2. The number of rotatable bonds is 11. The number of alkyl halides is 3. The Hall–Kier alpha value is -4.38. The van der Waals surface area contributed by atoms with Crippen LogP contribution in [0, 0.1) is 10.8 Å². The van der Waals surface area contributed by atoms with Gasteiger partial charge in [-0.2, -0.15) is 23.2 Å². The highest BCUT2D eigenvalue weighted by Crippen LogP contribution is 2.34. The van der Waals surface area contributed by atoms with Gasteiger partial charge in [0.15, 0.2) is 5.69 Å². The number of ether oxygens (including phenoxy) is 1. The van der Waals surface area contributed by atoms with Crippen molar-refractivity contribution in [2.24, 2.45) is 11.1 Å². The maximum Gasteiger partial charge on any atom is 0.435 e. The van der Waals surface area contributed by atoms with E-state index in [4.69, 9.17) is 4.74 Å². The van der Waals surface area contributed by atoms with Crippen molar-refractivity contribution in [1.29, 1.82) is 0 Å². The van der Waals surface area contributed by atoms with Crippen LogP contribution in [0.5, 0.6) is 0 Å². The lowest BCUT2D eigenvalue weighted by atomic mass is 10.0. The third-order valence-corrected chi connectivity index (χ3v) is 6.51. The van der Waals surface area contributed by atoms with Gasteiger partial charge in [-0.3, -0.25) is 9.78 Å². The second-order valence-electron chi connectivity index (χ2n) is 9.62. The van der Waals surface area contributed by atoms with Crippen molar-refractivity contribution in [3.05, 3.63) is 112 Å². The number of carbonyl (C=O) groups is 1. The van der Waals surface area contributed by atoms with Crippen LogP contribution in [0.2, 0.25) is 0 Å². The molecule has 11 heteroatoms. The van der Waals surface area contributed by atoms with Gasteiger partial charge in [0.05, 0.1) is 18.8 Å². The predicted octanol–water partition coefficient (Wildman–Crippen LogP) is 6.36. The van der Waals surface area contributed by atoms with E-state index >= 15 is 0 Å². The Morgan fingerprint density at radius 1 is 1.07 bits per heavy atom. The molecular formula is C29H26F3N5O3. The lowest BCUT2D eigenvalue weighted by Crippen LogP contribution is -2.17. The zero-order valence-corrected chi connectivity index (χ0v) is 21.3. The molecule has 0 spiro atoms. The summed E-state index contributed by atoms with van der Waals surface area (Å²) >= 11 is 0. The summed E-state index contributed by atoms with van der Waals surface area (Å²) in [4.78, 5) is 28.1. The predicted molar refractivity (Wildman–Crippen MR) is 142 cm³/mol. The number of hydrogen-bond acceptors (Lipinski definition) is 6. The largest absolute Gasteiger partial charge is 0.435 e. The Morgan fingerprint density at radius 2 is 1.88 bits per heavy atom. The molecular weight excluding hydrogens is 523 g/mol. The van der Waals surface area contributed by atoms with Crippen LogP contribution in [0.4, 0.5) is 18.9 Å². The number of pyridine rings is 1. The van der Waals surface area contributed by atoms with Crippen molar-refractivity contribution >= 4 is 11.6 Å². The number of halogens is 3. The summed E-state index contributed by atoms with van der Waals surface area (Å²) in [6, 6.07) is 17.9. The molecule has 0 saturated heterocycles. The zero-order chi connectivity index (χ0) is 28.1. The molecule has 4 aromatic rings. The van der Waals surface area contributed by atoms with Crippen molar-refractivity contribution in [2.45, 2.75) is 31.5 Å². The number of carbonyl (C=O) groups excluding carboxylic acids is 1. The van der Waals surface area contributed by atoms with Crippen molar-refractivity contribution in [1.82, 2.24) is 14.8 Å². The van der Waals surface area contributed by atoms with Crippen LogP contribution in [0.25, 0.3) is 5.69 Å². The van der Waals surface area contributed by atoms with E-state index in [1.54, 1.807) is 48.8 Å². The topological polar surface area (TPSA) is 98.5 Å². The van der Waals surface area contributed by atoms with Crippen LogP contribution in [0.3, 0.4) is 0 Å². The molecule has 0 bridgehead atoms. The van der Waals surface area contributed by atoms with Crippen LogP contribution in [0.1, 0.15) is 51.8 Å². The van der Waals surface area contributed by atoms with Crippen LogP contribution in [0.15, 0.2) is 84.3 Å². The van der Waals surface area contributed by atoms with E-state index < -0.39 is 23.9 Å². The molecule has 1 fully saturated rings. The van der Waals surface area contributed by atoms with Gasteiger partial charge in [-0.15, -0.1) is 0 Å². The van der Waals surface area contributed by atoms with Gasteiger partial charge in [0.1, 0.15) is 11.8 Å². The number of benzene rings is 2. The Kier molecular flexibility index (Phi) is 8.01. The van der Waals surface area contributed by atoms with Crippen molar-refractivity contribution in [3.63, 3.8) is 0 Å². The van der Waals surface area contributed by atoms with Gasteiger partial charge in [-0.05, 0) is 66.6 Å². The minimum atomic E-state index is -4.75. The molecule has 206 valence electrons. The molecule has 2 aromatic heterocycles. The summed E-state index contributed by atoms with van der Waals surface area (Å²) in [5.74, 6) is -0.240. The Morgan fingerprint density at radius 3 is 2.60 bits per heavy atom. The smallest absolute Gasteiger partial charge is 0.368 e. The summed E-state index contributed by atoms with van der Waals surface area (Å²) in [6.07, 6.45) is 0.775. The summed E-state index contributed by atoms with van der Waals surface area (Å²) in [5, 5.41) is 9.22. The van der Waals surface area contributed by atoms with Gasteiger partial charge in [-0.25, -0.2) is 4.68 Å². The zero-order valence-electron chi connectivity index (χ0n) is 21.3. The van der Waals surface area contributed by atoms with Gasteiger partial charge >= 0.3 is 6.18 Å². The molecule has 0 radical (unpaired) electrons. The van der Waals surface area contributed by atoms with E-state index in [1.807, 2.05) is 18.2 Å². The SMILES string of the molecule is O=NCCc1cccc(-n2nc(C(F)(F)F)cc2C(=O)Nc2cccc(C(OCC3CC3)c3cccnc3)c2)c1. The highest BCUT2D eigenvalue weighted by Gasteiger charge is 2.36. The summed E-state index contributed by atoms with van der Waals surface area (Å²) in [5.41, 5.74) is 1.44. The van der Waals surface area contributed by atoms with Crippen LogP contribution in [-0.4, -0.2) is 33.8 Å². The molecule has 2 heterocycles. The number of amides is 1. The lowest BCUT2D eigenvalue weighted by Gasteiger charge is -2.19. The minimum absolute atomic E-state index is 0.0183. The highest BCUT2D eigenvalue weighted by atomic mass is 19.4. The van der Waals surface area contributed by atoms with Gasteiger partial charge in [0, 0.05) is 29.7 Å². The number of nitroso groups, excluding NO2 is 1. The third-order valence-electron chi connectivity index (χ3n) is 6.51. The Bertz CT molecular complexity index is 1490. The average Bonchev–Trinajstić information content (AvgIpc) is 3.66. The second kappa shape index (κ2) is 11.8. The fourth-order valence-electron chi connectivity index (χ4n) is 4.30. The monoisotopic (exact) mass is 549 g/mol. The van der Waals surface area contributed by atoms with E-state index in [1.165, 1.54) is 6.07 Å². The van der Waals surface area contributed by atoms with Gasteiger partial charge in [0.2, 0.25) is 0 Å². The number of nitrogens with one attached hydrogen (secondary N) is 1. The standard InChI is InChI=1S/C29H26F3N5O3/c30-29(31,32)26-16-25(37(36-26)24-8-1-4-19(14-24)11-13-34-39)28(38)35-23-7-2-5-21(15-23)27(40-18-20-9-10-20)22-6-3-12-33-17-22/h1-8,12,14-17,20,27H,9-11,13,18H2,(H,35,38). The number of aromatic nitrogens is 3.